The predicted molar refractivity (Wildman–Crippen MR) is 181 cm³/mol. The molecule has 4 rings (SSSR count). The Morgan fingerprint density at radius 1 is 0.875 bits per heavy atom. The highest BCUT2D eigenvalue weighted by atomic mass is 16.6. The molecule has 0 aliphatic heterocycles. The molecule has 0 saturated heterocycles. The topological polar surface area (TPSA) is 135 Å². The Bertz CT molecular complexity index is 1350. The molecule has 2 aliphatic carbocycles. The van der Waals surface area contributed by atoms with Gasteiger partial charge in [-0.15, -0.1) is 0 Å². The van der Waals surface area contributed by atoms with Crippen molar-refractivity contribution in [2.75, 3.05) is 38.7 Å². The molecule has 2 N–H and O–H groups in total. The van der Waals surface area contributed by atoms with Gasteiger partial charge in [-0.25, -0.2) is 9.59 Å². The summed E-state index contributed by atoms with van der Waals surface area (Å²) in [6.07, 6.45) is 2.75. The molecule has 48 heavy (non-hydrogen) atoms. The predicted octanol–water partition coefficient (Wildman–Crippen LogP) is 3.65. The number of carbonyl (C=O) groups is 4. The van der Waals surface area contributed by atoms with Crippen LogP contribution in [-0.4, -0.2) is 91.9 Å². The second-order valence-electron chi connectivity index (χ2n) is 12.9. The number of anilines is 1. The first kappa shape index (κ1) is 36.9. The lowest BCUT2D eigenvalue weighted by molar-refractivity contribution is -0.173. The van der Waals surface area contributed by atoms with Crippen molar-refractivity contribution in [3.05, 3.63) is 65.7 Å². The quantitative estimate of drug-likeness (QED) is 0.159. The number of esters is 3. The zero-order chi connectivity index (χ0) is 34.6. The van der Waals surface area contributed by atoms with Gasteiger partial charge in [0, 0.05) is 32.2 Å². The Hall–Kier alpha value is -3.96. The number of benzene rings is 2. The van der Waals surface area contributed by atoms with Crippen molar-refractivity contribution in [2.24, 2.45) is 11.8 Å². The summed E-state index contributed by atoms with van der Waals surface area (Å²) in [5.41, 5.74) is 2.51. The smallest absolute Gasteiger partial charge is 0.347 e. The number of hydrogen-bond acceptors (Lipinski definition) is 10. The first-order chi connectivity index (χ1) is 23.1. The van der Waals surface area contributed by atoms with Gasteiger partial charge in [-0.1, -0.05) is 68.1 Å². The van der Waals surface area contributed by atoms with E-state index >= 15 is 0 Å². The van der Waals surface area contributed by atoms with Gasteiger partial charge in [0.15, 0.2) is 12.2 Å². The summed E-state index contributed by atoms with van der Waals surface area (Å²) in [6.45, 7) is 4.75. The van der Waals surface area contributed by atoms with Gasteiger partial charge in [0.1, 0.15) is 18.7 Å². The number of nitrogens with one attached hydrogen (secondary N) is 1. The Kier molecular flexibility index (Phi) is 13.8. The first-order valence-corrected chi connectivity index (χ1v) is 17.1. The minimum absolute atomic E-state index is 0.0278. The zero-order valence-electron chi connectivity index (χ0n) is 28.6. The van der Waals surface area contributed by atoms with Crippen LogP contribution in [0.2, 0.25) is 0 Å². The van der Waals surface area contributed by atoms with Crippen molar-refractivity contribution >= 4 is 29.5 Å². The Labute approximate surface area is 283 Å². The number of amides is 1. The van der Waals surface area contributed by atoms with Gasteiger partial charge < -0.3 is 34.4 Å². The van der Waals surface area contributed by atoms with Crippen LogP contribution in [0.1, 0.15) is 63.5 Å². The molecule has 1 amide bonds. The maximum atomic E-state index is 14.2. The number of carbonyl (C=O) groups excluding carboxylic acids is 4. The van der Waals surface area contributed by atoms with Crippen LogP contribution in [0.5, 0.6) is 0 Å². The lowest BCUT2D eigenvalue weighted by Gasteiger charge is -2.31. The molecular weight excluding hydrogens is 614 g/mol. The molecule has 262 valence electrons. The maximum absolute atomic E-state index is 14.2. The highest BCUT2D eigenvalue weighted by molar-refractivity contribution is 5.90. The molecule has 0 spiro atoms. The molecule has 0 heterocycles. The standard InChI is InChI=1S/C37H51N3O8/c1-5-40(19-20-41)30-17-15-28(16-18-30)23-33(48-36(44)31(38-3)21-26-11-12-26)34(42)39(4)32(22-27-13-14-27)37(45)47-25(2)35(43)46-24-29-9-7-6-8-10-29/h6-10,15-18,25-27,31-33,38,41H,5,11-14,19-24H2,1-4H3/t25-,31+,32+,33-/m1/s1. The monoisotopic (exact) mass is 665 g/mol. The molecule has 2 aromatic carbocycles. The van der Waals surface area contributed by atoms with Crippen LogP contribution in [0.15, 0.2) is 54.6 Å². The van der Waals surface area contributed by atoms with E-state index in [0.29, 0.717) is 25.3 Å². The van der Waals surface area contributed by atoms with Crippen molar-refractivity contribution < 1.29 is 38.5 Å². The van der Waals surface area contributed by atoms with Gasteiger partial charge in [-0.3, -0.25) is 9.59 Å². The van der Waals surface area contributed by atoms with Crippen molar-refractivity contribution in [1.29, 1.82) is 0 Å². The zero-order valence-corrected chi connectivity index (χ0v) is 28.6. The number of aliphatic hydroxyl groups is 1. The molecule has 11 heteroatoms. The number of nitrogens with zero attached hydrogens (tertiary/aromatic N) is 2. The fourth-order valence-corrected chi connectivity index (χ4v) is 5.68. The van der Waals surface area contributed by atoms with Crippen LogP contribution in [0.4, 0.5) is 5.69 Å². The molecule has 0 aromatic heterocycles. The van der Waals surface area contributed by atoms with E-state index in [9.17, 15) is 24.3 Å². The molecule has 4 atom stereocenters. The van der Waals surface area contributed by atoms with Gasteiger partial charge in [0.2, 0.25) is 0 Å². The van der Waals surface area contributed by atoms with Crippen LogP contribution in [0, 0.1) is 11.8 Å². The van der Waals surface area contributed by atoms with Gasteiger partial charge in [-0.05, 0) is 68.8 Å². The number of likely N-dealkylation sites (N-methyl/N-ethyl adjacent to an activating group) is 3. The van der Waals surface area contributed by atoms with Crippen molar-refractivity contribution in [3.63, 3.8) is 0 Å². The Morgan fingerprint density at radius 2 is 1.52 bits per heavy atom. The fourth-order valence-electron chi connectivity index (χ4n) is 5.68. The highest BCUT2D eigenvalue weighted by Gasteiger charge is 2.40. The number of ether oxygens (including phenoxy) is 3. The highest BCUT2D eigenvalue weighted by Crippen LogP contribution is 2.36. The van der Waals surface area contributed by atoms with Crippen LogP contribution < -0.4 is 10.2 Å². The van der Waals surface area contributed by atoms with E-state index in [-0.39, 0.29) is 25.6 Å². The Balaban J connectivity index is 1.48. The molecule has 2 saturated carbocycles. The molecule has 0 bridgehead atoms. The average molecular weight is 666 g/mol. The number of aliphatic hydroxyl groups excluding tert-OH is 1. The van der Waals surface area contributed by atoms with Crippen molar-refractivity contribution in [1.82, 2.24) is 10.2 Å². The van der Waals surface area contributed by atoms with E-state index in [1.54, 1.807) is 7.05 Å². The third kappa shape index (κ3) is 11.1. The van der Waals surface area contributed by atoms with E-state index in [4.69, 9.17) is 14.2 Å². The van der Waals surface area contributed by atoms with Crippen LogP contribution >= 0.6 is 0 Å². The lowest BCUT2D eigenvalue weighted by atomic mass is 10.0. The van der Waals surface area contributed by atoms with Gasteiger partial charge in [0.25, 0.3) is 5.91 Å². The summed E-state index contributed by atoms with van der Waals surface area (Å²) in [5.74, 6) is -1.72. The third-order valence-electron chi connectivity index (χ3n) is 9.10. The normalized spacial score (nSPS) is 16.6. The number of rotatable bonds is 20. The van der Waals surface area contributed by atoms with Crippen LogP contribution in [0.25, 0.3) is 0 Å². The summed E-state index contributed by atoms with van der Waals surface area (Å²) < 4.78 is 16.9. The summed E-state index contributed by atoms with van der Waals surface area (Å²) in [6, 6.07) is 15.3. The largest absolute Gasteiger partial charge is 0.458 e. The van der Waals surface area contributed by atoms with Crippen LogP contribution in [0.3, 0.4) is 0 Å². The van der Waals surface area contributed by atoms with E-state index in [0.717, 1.165) is 49.0 Å². The summed E-state index contributed by atoms with van der Waals surface area (Å²) in [4.78, 5) is 57.1. The van der Waals surface area contributed by atoms with E-state index in [2.05, 4.69) is 5.32 Å². The van der Waals surface area contributed by atoms with Crippen LogP contribution in [-0.2, 0) is 46.4 Å². The molecule has 0 radical (unpaired) electrons. The maximum Gasteiger partial charge on any atom is 0.347 e. The molecule has 11 nitrogen and oxygen atoms in total. The third-order valence-corrected chi connectivity index (χ3v) is 9.10. The molecule has 2 fully saturated rings. The first-order valence-electron chi connectivity index (χ1n) is 17.1. The second kappa shape index (κ2) is 18.0. The van der Waals surface area contributed by atoms with Gasteiger partial charge >= 0.3 is 17.9 Å². The molecule has 2 aromatic rings. The van der Waals surface area contributed by atoms with Gasteiger partial charge in [-0.2, -0.15) is 0 Å². The minimum atomic E-state index is -1.19. The Morgan fingerprint density at radius 3 is 2.10 bits per heavy atom. The molecule has 2 aliphatic rings. The SMILES string of the molecule is CCN(CCO)c1ccc(C[C@@H](OC(=O)[C@H](CC2CC2)NC)C(=O)N(C)[C@@H](CC2CC2)C(=O)O[C@H](C)C(=O)OCc2ccccc2)cc1. The lowest BCUT2D eigenvalue weighted by Crippen LogP contribution is -2.51. The van der Waals surface area contributed by atoms with Gasteiger partial charge in [0.05, 0.1) is 6.61 Å². The minimum Gasteiger partial charge on any atom is -0.458 e. The number of hydrogen-bond donors (Lipinski definition) is 2. The van der Waals surface area contributed by atoms with Crippen molar-refractivity contribution in [3.8, 4) is 0 Å². The summed E-state index contributed by atoms with van der Waals surface area (Å²) >= 11 is 0. The van der Waals surface area contributed by atoms with Crippen molar-refractivity contribution in [2.45, 2.75) is 89.7 Å². The second-order valence-corrected chi connectivity index (χ2v) is 12.9. The molecular formula is C37H51N3O8. The fraction of sp³-hybridized carbons (Fsp3) is 0.568. The van der Waals surface area contributed by atoms with E-state index in [1.807, 2.05) is 66.4 Å². The van der Waals surface area contributed by atoms with E-state index in [1.165, 1.54) is 18.9 Å². The summed E-state index contributed by atoms with van der Waals surface area (Å²) in [5, 5.41) is 12.4. The summed E-state index contributed by atoms with van der Waals surface area (Å²) in [7, 11) is 3.22. The van der Waals surface area contributed by atoms with E-state index < -0.39 is 48.1 Å². The molecule has 0 unspecified atom stereocenters. The average Bonchev–Trinajstić information content (AvgIpc) is 4.04.